The van der Waals surface area contributed by atoms with Gasteiger partial charge in [0.1, 0.15) is 11.8 Å². The number of fused-ring (bicyclic) bond motifs is 1. The van der Waals surface area contributed by atoms with Crippen molar-refractivity contribution in [2.45, 2.75) is 70.5 Å². The third-order valence-electron chi connectivity index (χ3n) is 7.28. The molecule has 4 amide bonds. The Kier molecular flexibility index (Phi) is 8.58. The molecule has 1 saturated carbocycles. The number of nitrogens with one attached hydrogen (secondary N) is 1. The van der Waals surface area contributed by atoms with Crippen LogP contribution in [0.25, 0.3) is 0 Å². The van der Waals surface area contributed by atoms with Gasteiger partial charge in [0.25, 0.3) is 11.8 Å². The molecule has 0 unspecified atom stereocenters. The van der Waals surface area contributed by atoms with Gasteiger partial charge in [-0.25, -0.2) is 0 Å². The van der Waals surface area contributed by atoms with Gasteiger partial charge in [-0.1, -0.05) is 43.5 Å². The van der Waals surface area contributed by atoms with Crippen LogP contribution in [0.3, 0.4) is 0 Å². The first kappa shape index (κ1) is 26.4. The normalized spacial score (nSPS) is 16.3. The van der Waals surface area contributed by atoms with E-state index in [0.717, 1.165) is 31.2 Å². The average Bonchev–Trinajstić information content (AvgIpc) is 3.17. The van der Waals surface area contributed by atoms with Crippen LogP contribution in [0.1, 0.15) is 78.1 Å². The van der Waals surface area contributed by atoms with Crippen molar-refractivity contribution < 1.29 is 23.9 Å². The maximum atomic E-state index is 13.4. The molecular weight excluding hydrogens is 470 g/mol. The minimum absolute atomic E-state index is 0.116. The summed E-state index contributed by atoms with van der Waals surface area (Å²) in [6.07, 6.45) is 5.76. The fourth-order valence-corrected chi connectivity index (χ4v) is 5.05. The van der Waals surface area contributed by atoms with Crippen molar-refractivity contribution in [2.75, 3.05) is 13.7 Å². The van der Waals surface area contributed by atoms with Gasteiger partial charge in [0.15, 0.2) is 0 Å². The number of methoxy groups -OCH3 is 1. The Labute approximate surface area is 218 Å². The van der Waals surface area contributed by atoms with Crippen molar-refractivity contribution in [3.05, 3.63) is 65.2 Å². The van der Waals surface area contributed by atoms with Gasteiger partial charge in [-0.15, -0.1) is 0 Å². The number of hydrogen-bond donors (Lipinski definition) is 1. The van der Waals surface area contributed by atoms with Gasteiger partial charge in [-0.2, -0.15) is 0 Å². The molecule has 1 aliphatic carbocycles. The molecule has 196 valence electrons. The van der Waals surface area contributed by atoms with Crippen molar-refractivity contribution in [2.24, 2.45) is 0 Å². The van der Waals surface area contributed by atoms with Gasteiger partial charge < -0.3 is 15.0 Å². The average molecular weight is 506 g/mol. The topological polar surface area (TPSA) is 96.0 Å². The number of carbonyl (C=O) groups is 4. The molecule has 0 radical (unpaired) electrons. The summed E-state index contributed by atoms with van der Waals surface area (Å²) in [6, 6.07) is 13.6. The van der Waals surface area contributed by atoms with E-state index in [-0.39, 0.29) is 49.2 Å². The fraction of sp³-hybridized carbons (Fsp3) is 0.448. The number of amides is 4. The first-order chi connectivity index (χ1) is 17.9. The summed E-state index contributed by atoms with van der Waals surface area (Å²) in [4.78, 5) is 54.6. The summed E-state index contributed by atoms with van der Waals surface area (Å²) in [5.41, 5.74) is 1.67. The smallest absolute Gasteiger partial charge is 0.261 e. The summed E-state index contributed by atoms with van der Waals surface area (Å²) < 4.78 is 5.23. The quantitative estimate of drug-likeness (QED) is 0.494. The standard InChI is InChI=1S/C29H35N3O5/c1-20(27(34)30-22-9-4-3-5-10-22)32(19-21-14-16-23(37-2)17-15-21)26(33)13-8-18-31-28(35)24-11-6-7-12-25(24)29(31)36/h6-7,11-12,14-17,20,22H,3-5,8-10,13,18-19H2,1-2H3,(H,30,34)/t20-/m0/s1. The third-order valence-corrected chi connectivity index (χ3v) is 7.28. The molecular formula is C29H35N3O5. The Morgan fingerprint density at radius 1 is 1.00 bits per heavy atom. The van der Waals surface area contributed by atoms with Crippen LogP contribution in [-0.2, 0) is 16.1 Å². The van der Waals surface area contributed by atoms with Crippen molar-refractivity contribution in [3.8, 4) is 5.75 Å². The first-order valence-corrected chi connectivity index (χ1v) is 13.1. The molecule has 2 aromatic rings. The van der Waals surface area contributed by atoms with Crippen LogP contribution >= 0.6 is 0 Å². The van der Waals surface area contributed by atoms with E-state index in [1.807, 2.05) is 24.3 Å². The van der Waals surface area contributed by atoms with E-state index in [2.05, 4.69) is 5.32 Å². The molecule has 8 heteroatoms. The third kappa shape index (κ3) is 6.18. The highest BCUT2D eigenvalue weighted by Crippen LogP contribution is 2.23. The van der Waals surface area contributed by atoms with Crippen LogP contribution in [0.5, 0.6) is 5.75 Å². The van der Waals surface area contributed by atoms with Crippen LogP contribution in [-0.4, -0.2) is 59.2 Å². The zero-order valence-corrected chi connectivity index (χ0v) is 21.6. The summed E-state index contributed by atoms with van der Waals surface area (Å²) in [5.74, 6) is -0.301. The number of carbonyl (C=O) groups excluding carboxylic acids is 4. The van der Waals surface area contributed by atoms with Crippen LogP contribution in [0.15, 0.2) is 48.5 Å². The lowest BCUT2D eigenvalue weighted by molar-refractivity contribution is -0.141. The first-order valence-electron chi connectivity index (χ1n) is 13.1. The summed E-state index contributed by atoms with van der Waals surface area (Å²) in [6.45, 7) is 2.18. The molecule has 1 fully saturated rings. The number of ether oxygens (including phenoxy) is 1. The second kappa shape index (κ2) is 12.0. The largest absolute Gasteiger partial charge is 0.497 e. The van der Waals surface area contributed by atoms with Gasteiger partial charge in [0.2, 0.25) is 11.8 Å². The fourth-order valence-electron chi connectivity index (χ4n) is 5.05. The highest BCUT2D eigenvalue weighted by molar-refractivity contribution is 6.21. The lowest BCUT2D eigenvalue weighted by atomic mass is 9.95. The van der Waals surface area contributed by atoms with Crippen LogP contribution in [0.2, 0.25) is 0 Å². The Bertz CT molecular complexity index is 1110. The summed E-state index contributed by atoms with van der Waals surface area (Å²) >= 11 is 0. The SMILES string of the molecule is COc1ccc(CN(C(=O)CCCN2C(=O)c3ccccc3C2=O)[C@@H](C)C(=O)NC2CCCCC2)cc1. The van der Waals surface area contributed by atoms with Gasteiger partial charge >= 0.3 is 0 Å². The minimum atomic E-state index is -0.657. The molecule has 2 aromatic carbocycles. The molecule has 1 atom stereocenters. The molecule has 2 aliphatic rings. The highest BCUT2D eigenvalue weighted by atomic mass is 16.5. The predicted octanol–water partition coefficient (Wildman–Crippen LogP) is 3.94. The number of rotatable bonds is 10. The second-order valence-corrected chi connectivity index (χ2v) is 9.80. The number of nitrogens with zero attached hydrogens (tertiary/aromatic N) is 2. The summed E-state index contributed by atoms with van der Waals surface area (Å²) in [5, 5.41) is 3.13. The number of hydrogen-bond acceptors (Lipinski definition) is 5. The van der Waals surface area contributed by atoms with Crippen molar-refractivity contribution >= 4 is 23.6 Å². The number of benzene rings is 2. The molecule has 0 aromatic heterocycles. The molecule has 0 spiro atoms. The van der Waals surface area contributed by atoms with E-state index >= 15 is 0 Å². The maximum Gasteiger partial charge on any atom is 0.261 e. The Balaban J connectivity index is 1.41. The Morgan fingerprint density at radius 3 is 2.22 bits per heavy atom. The molecule has 1 heterocycles. The van der Waals surface area contributed by atoms with Crippen molar-refractivity contribution in [3.63, 3.8) is 0 Å². The van der Waals surface area contributed by atoms with Gasteiger partial charge in [0.05, 0.1) is 18.2 Å². The monoisotopic (exact) mass is 505 g/mol. The molecule has 0 saturated heterocycles. The van der Waals surface area contributed by atoms with Crippen LogP contribution < -0.4 is 10.1 Å². The summed E-state index contributed by atoms with van der Waals surface area (Å²) in [7, 11) is 1.59. The molecule has 1 N–H and O–H groups in total. The van der Waals surface area contributed by atoms with Crippen molar-refractivity contribution in [1.29, 1.82) is 0 Å². The molecule has 37 heavy (non-hydrogen) atoms. The van der Waals surface area contributed by atoms with Crippen LogP contribution in [0, 0.1) is 0 Å². The van der Waals surface area contributed by atoms with E-state index in [9.17, 15) is 19.2 Å². The zero-order chi connectivity index (χ0) is 26.4. The maximum absolute atomic E-state index is 13.4. The molecule has 0 bridgehead atoms. The van der Waals surface area contributed by atoms with Gasteiger partial charge in [-0.05, 0) is 56.0 Å². The van der Waals surface area contributed by atoms with Crippen LogP contribution in [0.4, 0.5) is 0 Å². The Hall–Kier alpha value is -3.68. The van der Waals surface area contributed by atoms with Gasteiger partial charge in [-0.3, -0.25) is 24.1 Å². The van der Waals surface area contributed by atoms with Crippen molar-refractivity contribution in [1.82, 2.24) is 15.1 Å². The second-order valence-electron chi connectivity index (χ2n) is 9.80. The van der Waals surface area contributed by atoms with E-state index in [4.69, 9.17) is 4.74 Å². The van der Waals surface area contributed by atoms with E-state index in [1.165, 1.54) is 11.3 Å². The minimum Gasteiger partial charge on any atom is -0.497 e. The van der Waals surface area contributed by atoms with E-state index in [0.29, 0.717) is 23.3 Å². The molecule has 1 aliphatic heterocycles. The highest BCUT2D eigenvalue weighted by Gasteiger charge is 2.35. The Morgan fingerprint density at radius 2 is 1.62 bits per heavy atom. The lowest BCUT2D eigenvalue weighted by Gasteiger charge is -2.31. The molecule has 8 nitrogen and oxygen atoms in total. The molecule has 4 rings (SSSR count). The van der Waals surface area contributed by atoms with E-state index < -0.39 is 6.04 Å². The lowest BCUT2D eigenvalue weighted by Crippen LogP contribution is -2.50. The zero-order valence-electron chi connectivity index (χ0n) is 21.6. The predicted molar refractivity (Wildman–Crippen MR) is 139 cm³/mol. The number of imide groups is 1. The van der Waals surface area contributed by atoms with Gasteiger partial charge in [0, 0.05) is 25.6 Å². The van der Waals surface area contributed by atoms with E-state index in [1.54, 1.807) is 43.2 Å².